The summed E-state index contributed by atoms with van der Waals surface area (Å²) in [6.45, 7) is 12.9. The van der Waals surface area contributed by atoms with Gasteiger partial charge < -0.3 is 10.6 Å². The summed E-state index contributed by atoms with van der Waals surface area (Å²) in [5, 5.41) is 6.09. The van der Waals surface area contributed by atoms with E-state index < -0.39 is 0 Å². The van der Waals surface area contributed by atoms with Crippen LogP contribution < -0.4 is 10.6 Å². The van der Waals surface area contributed by atoms with E-state index in [1.807, 2.05) is 40.7 Å². The number of hydrogen-bond acceptors (Lipinski definition) is 6. The molecule has 0 aromatic heterocycles. The molecule has 0 amide bonds. The van der Waals surface area contributed by atoms with Crippen LogP contribution in [0.1, 0.15) is 44.4 Å². The van der Waals surface area contributed by atoms with Crippen LogP contribution in [0, 0.1) is 20.8 Å². The average molecular weight is 443 g/mol. The number of nitrogens with one attached hydrogen (secondary N) is 2. The van der Waals surface area contributed by atoms with Crippen LogP contribution in [0.25, 0.3) is 0 Å². The minimum absolute atomic E-state index is 0.0882. The maximum Gasteiger partial charge on any atom is 0.142 e. The molecule has 0 aliphatic rings. The standard InChI is InChI=1S/C19H26N2O2S4/c1-9-10(2)16(20-18(24)26-14(6)12(4)22)8-17(11(9)3)21-19(25)27-15(7)13(5)23/h8,14-15H,1-7H3,(H,20,24)(H,21,25). The van der Waals surface area contributed by atoms with Gasteiger partial charge in [-0.1, -0.05) is 48.0 Å². The van der Waals surface area contributed by atoms with Crippen molar-refractivity contribution in [1.82, 2.24) is 0 Å². The number of thioether (sulfide) groups is 2. The first kappa shape index (κ1) is 24.1. The van der Waals surface area contributed by atoms with Gasteiger partial charge in [-0.25, -0.2) is 0 Å². The lowest BCUT2D eigenvalue weighted by Crippen LogP contribution is -2.17. The Labute approximate surface area is 181 Å². The van der Waals surface area contributed by atoms with Gasteiger partial charge in [0.25, 0.3) is 0 Å². The van der Waals surface area contributed by atoms with Crippen molar-refractivity contribution in [3.8, 4) is 0 Å². The fraction of sp³-hybridized carbons (Fsp3) is 0.474. The first-order valence-electron chi connectivity index (χ1n) is 8.51. The van der Waals surface area contributed by atoms with E-state index in [9.17, 15) is 9.59 Å². The highest BCUT2D eigenvalue weighted by molar-refractivity contribution is 8.24. The van der Waals surface area contributed by atoms with Gasteiger partial charge in [-0.15, -0.1) is 0 Å². The number of carbonyl (C=O) groups excluding carboxylic acids is 2. The van der Waals surface area contributed by atoms with Gasteiger partial charge in [0.1, 0.15) is 20.2 Å². The highest BCUT2D eigenvalue weighted by Gasteiger charge is 2.16. The van der Waals surface area contributed by atoms with Gasteiger partial charge in [0.15, 0.2) is 0 Å². The molecule has 0 aliphatic carbocycles. The van der Waals surface area contributed by atoms with Crippen LogP contribution in [0.15, 0.2) is 6.07 Å². The van der Waals surface area contributed by atoms with E-state index in [1.165, 1.54) is 23.5 Å². The lowest BCUT2D eigenvalue weighted by atomic mass is 10.0. The van der Waals surface area contributed by atoms with Crippen molar-refractivity contribution in [3.63, 3.8) is 0 Å². The van der Waals surface area contributed by atoms with E-state index in [4.69, 9.17) is 24.4 Å². The van der Waals surface area contributed by atoms with E-state index in [0.717, 1.165) is 28.1 Å². The van der Waals surface area contributed by atoms with E-state index in [2.05, 4.69) is 10.6 Å². The molecular formula is C19H26N2O2S4. The summed E-state index contributed by atoms with van der Waals surface area (Å²) in [6.07, 6.45) is 0. The van der Waals surface area contributed by atoms with Crippen molar-refractivity contribution in [2.45, 2.75) is 59.0 Å². The molecule has 4 nitrogen and oxygen atoms in total. The van der Waals surface area contributed by atoms with E-state index in [-0.39, 0.29) is 22.1 Å². The van der Waals surface area contributed by atoms with Crippen molar-refractivity contribution in [3.05, 3.63) is 22.8 Å². The Hall–Kier alpha value is -0.960. The summed E-state index contributed by atoms with van der Waals surface area (Å²) >= 11 is 13.5. The highest BCUT2D eigenvalue weighted by atomic mass is 32.2. The molecule has 2 unspecified atom stereocenters. The number of anilines is 2. The first-order valence-corrected chi connectivity index (χ1v) is 11.1. The Bertz CT molecular complexity index is 717. The fourth-order valence-electron chi connectivity index (χ4n) is 2.07. The Morgan fingerprint density at radius 3 is 1.44 bits per heavy atom. The van der Waals surface area contributed by atoms with Gasteiger partial charge in [0.05, 0.1) is 10.5 Å². The van der Waals surface area contributed by atoms with E-state index in [0.29, 0.717) is 8.64 Å². The number of hydrogen-bond donors (Lipinski definition) is 2. The second-order valence-electron chi connectivity index (χ2n) is 6.41. The third-order valence-electron chi connectivity index (χ3n) is 4.41. The predicted octanol–water partition coefficient (Wildman–Crippen LogP) is 5.43. The summed E-state index contributed by atoms with van der Waals surface area (Å²) in [5.41, 5.74) is 5.06. The Morgan fingerprint density at radius 1 is 0.815 bits per heavy atom. The quantitative estimate of drug-likeness (QED) is 0.566. The molecule has 0 fully saturated rings. The van der Waals surface area contributed by atoms with Gasteiger partial charge in [0.2, 0.25) is 0 Å². The molecule has 0 spiro atoms. The van der Waals surface area contributed by atoms with Gasteiger partial charge in [0, 0.05) is 11.4 Å². The maximum atomic E-state index is 11.4. The number of rotatable bonds is 6. The van der Waals surface area contributed by atoms with Gasteiger partial charge in [-0.05, 0) is 71.2 Å². The van der Waals surface area contributed by atoms with Crippen molar-refractivity contribution in [2.75, 3.05) is 10.6 Å². The third kappa shape index (κ3) is 7.18. The van der Waals surface area contributed by atoms with Crippen molar-refractivity contribution < 1.29 is 9.59 Å². The number of thiocarbonyl (C=S) groups is 2. The normalized spacial score (nSPS) is 12.9. The van der Waals surface area contributed by atoms with Gasteiger partial charge in [-0.3, -0.25) is 9.59 Å². The minimum atomic E-state index is -0.188. The molecule has 0 aliphatic heterocycles. The summed E-state index contributed by atoms with van der Waals surface area (Å²) in [4.78, 5) is 22.9. The SMILES string of the molecule is CC(=O)C(C)SC(=S)Nc1cc(NC(=S)SC(C)C(C)=O)c(C)c(C)c1C. The van der Waals surface area contributed by atoms with Crippen LogP contribution in [0.2, 0.25) is 0 Å². The molecule has 1 aromatic rings. The predicted molar refractivity (Wildman–Crippen MR) is 129 cm³/mol. The first-order chi connectivity index (χ1) is 12.4. The molecule has 0 radical (unpaired) electrons. The zero-order valence-corrected chi connectivity index (χ0v) is 19.9. The molecule has 148 valence electrons. The van der Waals surface area contributed by atoms with Crippen LogP contribution in [0.5, 0.6) is 0 Å². The average Bonchev–Trinajstić information content (AvgIpc) is 2.56. The van der Waals surface area contributed by atoms with Gasteiger partial charge >= 0.3 is 0 Å². The molecular weight excluding hydrogens is 416 g/mol. The summed E-state index contributed by atoms with van der Waals surface area (Å²) in [6, 6.07) is 1.97. The molecule has 0 heterocycles. The molecule has 0 saturated carbocycles. The second kappa shape index (κ2) is 10.5. The summed E-state index contributed by atoms with van der Waals surface area (Å²) in [7, 11) is 0. The number of Topliss-reactive ketones (excluding diaryl/α,β-unsaturated/α-hetero) is 2. The molecule has 8 heteroatoms. The van der Waals surface area contributed by atoms with Crippen LogP contribution >= 0.6 is 48.0 Å². The maximum absolute atomic E-state index is 11.4. The lowest BCUT2D eigenvalue weighted by Gasteiger charge is -2.20. The number of carbonyl (C=O) groups is 2. The van der Waals surface area contributed by atoms with Crippen LogP contribution in [-0.4, -0.2) is 30.7 Å². The topological polar surface area (TPSA) is 58.2 Å². The number of benzene rings is 1. The van der Waals surface area contributed by atoms with Crippen molar-refractivity contribution in [2.24, 2.45) is 0 Å². The Morgan fingerprint density at radius 2 is 1.15 bits per heavy atom. The van der Waals surface area contributed by atoms with Crippen molar-refractivity contribution >= 4 is 79.5 Å². The molecule has 0 saturated heterocycles. The summed E-state index contributed by atoms with van der Waals surface area (Å²) in [5.74, 6) is 0.176. The lowest BCUT2D eigenvalue weighted by molar-refractivity contribution is -0.117. The third-order valence-corrected chi connectivity index (χ3v) is 7.19. The Kier molecular flexibility index (Phi) is 9.41. The van der Waals surface area contributed by atoms with Gasteiger partial charge in [-0.2, -0.15) is 0 Å². The molecule has 2 N–H and O–H groups in total. The zero-order chi connectivity index (χ0) is 20.9. The monoisotopic (exact) mass is 442 g/mol. The molecule has 0 bridgehead atoms. The molecule has 2 atom stereocenters. The van der Waals surface area contributed by atoms with Crippen LogP contribution in [0.4, 0.5) is 11.4 Å². The van der Waals surface area contributed by atoms with Crippen LogP contribution in [0.3, 0.4) is 0 Å². The highest BCUT2D eigenvalue weighted by Crippen LogP contribution is 2.31. The molecule has 27 heavy (non-hydrogen) atoms. The fourth-order valence-corrected chi connectivity index (χ4v) is 4.47. The zero-order valence-electron chi connectivity index (χ0n) is 16.7. The minimum Gasteiger partial charge on any atom is -0.341 e. The smallest absolute Gasteiger partial charge is 0.142 e. The second-order valence-corrected chi connectivity index (χ2v) is 10.4. The van der Waals surface area contributed by atoms with E-state index >= 15 is 0 Å². The molecule has 1 aromatic carbocycles. The van der Waals surface area contributed by atoms with E-state index in [1.54, 1.807) is 13.8 Å². The van der Waals surface area contributed by atoms with Crippen molar-refractivity contribution in [1.29, 1.82) is 0 Å². The summed E-state index contributed by atoms with van der Waals surface area (Å²) < 4.78 is 1.11. The Balaban J connectivity index is 3.01. The largest absolute Gasteiger partial charge is 0.341 e. The molecule has 1 rings (SSSR count). The van der Waals surface area contributed by atoms with Crippen LogP contribution in [-0.2, 0) is 9.59 Å². The number of ketones is 2.